The number of guanidine groups is 1. The molecule has 0 aromatic carbocycles. The maximum absolute atomic E-state index is 5.10. The van der Waals surface area contributed by atoms with Crippen LogP contribution < -0.4 is 5.32 Å². The molecule has 3 aliphatic rings. The molecule has 0 aromatic heterocycles. The van der Waals surface area contributed by atoms with E-state index >= 15 is 0 Å². The van der Waals surface area contributed by atoms with Gasteiger partial charge in [0.1, 0.15) is 0 Å². The Hall–Kier alpha value is -0.770. The summed E-state index contributed by atoms with van der Waals surface area (Å²) in [5.74, 6) is 1.92. The largest absolute Gasteiger partial charge is 0.357 e. The van der Waals surface area contributed by atoms with E-state index in [1.54, 1.807) is 0 Å². The van der Waals surface area contributed by atoms with Crippen LogP contribution in [0.4, 0.5) is 0 Å². The molecular formula is C21H40N4. The van der Waals surface area contributed by atoms with Gasteiger partial charge in [0.25, 0.3) is 0 Å². The van der Waals surface area contributed by atoms with Crippen LogP contribution in [0.1, 0.15) is 72.1 Å². The molecule has 3 fully saturated rings. The van der Waals surface area contributed by atoms with E-state index in [0.29, 0.717) is 11.5 Å². The molecule has 25 heavy (non-hydrogen) atoms. The van der Waals surface area contributed by atoms with Gasteiger partial charge in [-0.3, -0.25) is 4.99 Å². The zero-order valence-electron chi connectivity index (χ0n) is 16.9. The van der Waals surface area contributed by atoms with Crippen molar-refractivity contribution < 1.29 is 0 Å². The first-order chi connectivity index (χ1) is 12.1. The highest BCUT2D eigenvalue weighted by atomic mass is 15.3. The van der Waals surface area contributed by atoms with Crippen molar-refractivity contribution >= 4 is 5.96 Å². The lowest BCUT2D eigenvalue weighted by Crippen LogP contribution is -2.43. The van der Waals surface area contributed by atoms with Gasteiger partial charge in [-0.05, 0) is 70.8 Å². The number of rotatable bonds is 4. The zero-order chi connectivity index (χ0) is 17.7. The van der Waals surface area contributed by atoms with E-state index in [0.717, 1.165) is 19.0 Å². The number of nitrogens with one attached hydrogen (secondary N) is 1. The van der Waals surface area contributed by atoms with Crippen molar-refractivity contribution in [2.45, 2.75) is 78.2 Å². The highest BCUT2D eigenvalue weighted by Crippen LogP contribution is 2.43. The molecule has 1 N–H and O–H groups in total. The van der Waals surface area contributed by atoms with Crippen molar-refractivity contribution in [2.24, 2.45) is 16.3 Å². The summed E-state index contributed by atoms with van der Waals surface area (Å²) >= 11 is 0. The molecule has 1 saturated carbocycles. The summed E-state index contributed by atoms with van der Waals surface area (Å²) in [4.78, 5) is 10.3. The molecule has 2 heterocycles. The third-order valence-corrected chi connectivity index (χ3v) is 6.77. The van der Waals surface area contributed by atoms with Gasteiger partial charge in [-0.25, -0.2) is 0 Å². The SMILES string of the molecule is CCNC(=NCC1CCCN(C(C)C)C1)N1CCC2(CCCCC2)C1. The Bertz CT molecular complexity index is 439. The van der Waals surface area contributed by atoms with Crippen LogP contribution in [0, 0.1) is 11.3 Å². The lowest BCUT2D eigenvalue weighted by atomic mass is 9.73. The van der Waals surface area contributed by atoms with Crippen LogP contribution in [0.3, 0.4) is 0 Å². The standard InChI is InChI=1S/C21H40N4/c1-4-22-20(23-15-19-9-8-13-24(16-19)18(2)3)25-14-12-21(17-25)10-6-5-7-11-21/h18-19H,4-17H2,1-3H3,(H,22,23). The van der Waals surface area contributed by atoms with Gasteiger partial charge in [0.05, 0.1) is 0 Å². The average Bonchev–Trinajstić information content (AvgIpc) is 3.02. The lowest BCUT2D eigenvalue weighted by molar-refractivity contribution is 0.143. The second kappa shape index (κ2) is 8.75. The van der Waals surface area contributed by atoms with E-state index in [1.165, 1.54) is 83.5 Å². The Kier molecular flexibility index (Phi) is 6.65. The van der Waals surface area contributed by atoms with Crippen molar-refractivity contribution in [3.63, 3.8) is 0 Å². The van der Waals surface area contributed by atoms with E-state index in [4.69, 9.17) is 4.99 Å². The molecule has 1 atom stereocenters. The summed E-state index contributed by atoms with van der Waals surface area (Å²) in [6, 6.07) is 0.671. The molecule has 144 valence electrons. The predicted octanol–water partition coefficient (Wildman–Crippen LogP) is 3.73. The van der Waals surface area contributed by atoms with E-state index in [9.17, 15) is 0 Å². The monoisotopic (exact) mass is 348 g/mol. The van der Waals surface area contributed by atoms with Crippen molar-refractivity contribution in [1.29, 1.82) is 0 Å². The first kappa shape index (κ1) is 19.0. The van der Waals surface area contributed by atoms with Gasteiger partial charge in [0.15, 0.2) is 5.96 Å². The fourth-order valence-corrected chi connectivity index (χ4v) is 5.18. The molecule has 2 aliphatic heterocycles. The van der Waals surface area contributed by atoms with Crippen LogP contribution in [0.15, 0.2) is 4.99 Å². The Balaban J connectivity index is 1.58. The topological polar surface area (TPSA) is 30.9 Å². The number of piperidine rings is 1. The van der Waals surface area contributed by atoms with Crippen LogP contribution >= 0.6 is 0 Å². The Labute approximate surface area is 155 Å². The number of hydrogen-bond donors (Lipinski definition) is 1. The van der Waals surface area contributed by atoms with E-state index in [-0.39, 0.29) is 0 Å². The second-order valence-electron chi connectivity index (χ2n) is 9.02. The molecule has 4 nitrogen and oxygen atoms in total. The first-order valence-electron chi connectivity index (χ1n) is 10.9. The third-order valence-electron chi connectivity index (χ3n) is 6.77. The summed E-state index contributed by atoms with van der Waals surface area (Å²) in [7, 11) is 0. The summed E-state index contributed by atoms with van der Waals surface area (Å²) in [5, 5.41) is 3.58. The number of aliphatic imine (C=N–C) groups is 1. The molecule has 1 unspecified atom stereocenters. The molecule has 0 amide bonds. The molecule has 2 saturated heterocycles. The maximum atomic E-state index is 5.10. The number of hydrogen-bond acceptors (Lipinski definition) is 2. The summed E-state index contributed by atoms with van der Waals surface area (Å²) < 4.78 is 0. The Morgan fingerprint density at radius 2 is 1.92 bits per heavy atom. The average molecular weight is 349 g/mol. The van der Waals surface area contributed by atoms with Gasteiger partial charge < -0.3 is 15.1 Å². The molecular weight excluding hydrogens is 308 g/mol. The van der Waals surface area contributed by atoms with Gasteiger partial charge in [0.2, 0.25) is 0 Å². The molecule has 0 radical (unpaired) electrons. The molecule has 0 aromatic rings. The Morgan fingerprint density at radius 3 is 2.64 bits per heavy atom. The van der Waals surface area contributed by atoms with Crippen LogP contribution in [0.25, 0.3) is 0 Å². The zero-order valence-corrected chi connectivity index (χ0v) is 16.9. The second-order valence-corrected chi connectivity index (χ2v) is 9.02. The van der Waals surface area contributed by atoms with Crippen molar-refractivity contribution in [1.82, 2.24) is 15.1 Å². The molecule has 1 aliphatic carbocycles. The first-order valence-corrected chi connectivity index (χ1v) is 10.9. The Morgan fingerprint density at radius 1 is 1.12 bits per heavy atom. The van der Waals surface area contributed by atoms with Gasteiger partial charge in [-0.1, -0.05) is 19.3 Å². The fourth-order valence-electron chi connectivity index (χ4n) is 5.18. The molecule has 4 heteroatoms. The highest BCUT2D eigenvalue weighted by Gasteiger charge is 2.39. The molecule has 0 bridgehead atoms. The minimum atomic E-state index is 0.605. The minimum absolute atomic E-state index is 0.605. The van der Waals surface area contributed by atoms with E-state index < -0.39 is 0 Å². The number of nitrogens with zero attached hydrogens (tertiary/aromatic N) is 3. The van der Waals surface area contributed by atoms with Gasteiger partial charge in [0, 0.05) is 38.8 Å². The minimum Gasteiger partial charge on any atom is -0.357 e. The van der Waals surface area contributed by atoms with Crippen molar-refractivity contribution in [3.05, 3.63) is 0 Å². The summed E-state index contributed by atoms with van der Waals surface area (Å²) in [6.45, 7) is 13.8. The van der Waals surface area contributed by atoms with Crippen LogP contribution in [-0.4, -0.2) is 61.1 Å². The summed E-state index contributed by atoms with van der Waals surface area (Å²) in [6.07, 6.45) is 11.3. The predicted molar refractivity (Wildman–Crippen MR) is 107 cm³/mol. The lowest BCUT2D eigenvalue weighted by Gasteiger charge is -2.35. The normalized spacial score (nSPS) is 28.1. The van der Waals surface area contributed by atoms with Crippen LogP contribution in [0.5, 0.6) is 0 Å². The number of likely N-dealkylation sites (tertiary alicyclic amines) is 2. The fraction of sp³-hybridized carbons (Fsp3) is 0.952. The van der Waals surface area contributed by atoms with E-state index in [2.05, 4.69) is 35.9 Å². The van der Waals surface area contributed by atoms with Crippen molar-refractivity contribution in [2.75, 3.05) is 39.3 Å². The molecule has 1 spiro atoms. The van der Waals surface area contributed by atoms with Gasteiger partial charge >= 0.3 is 0 Å². The van der Waals surface area contributed by atoms with Crippen LogP contribution in [-0.2, 0) is 0 Å². The third kappa shape index (κ3) is 4.90. The van der Waals surface area contributed by atoms with E-state index in [1.807, 2.05) is 0 Å². The molecule has 3 rings (SSSR count). The summed E-state index contributed by atoms with van der Waals surface area (Å²) in [5.41, 5.74) is 0.605. The van der Waals surface area contributed by atoms with Crippen molar-refractivity contribution in [3.8, 4) is 0 Å². The van der Waals surface area contributed by atoms with Gasteiger partial charge in [-0.15, -0.1) is 0 Å². The highest BCUT2D eigenvalue weighted by molar-refractivity contribution is 5.80. The smallest absolute Gasteiger partial charge is 0.193 e. The quantitative estimate of drug-likeness (QED) is 0.620. The van der Waals surface area contributed by atoms with Gasteiger partial charge in [-0.2, -0.15) is 0 Å². The van der Waals surface area contributed by atoms with Crippen LogP contribution in [0.2, 0.25) is 0 Å². The maximum Gasteiger partial charge on any atom is 0.193 e.